The summed E-state index contributed by atoms with van der Waals surface area (Å²) >= 11 is 5.94. The zero-order valence-corrected chi connectivity index (χ0v) is 14.0. The number of carbonyl (C=O) groups excluding carboxylic acids is 1. The van der Waals surface area contributed by atoms with E-state index in [4.69, 9.17) is 16.3 Å². The first-order valence-corrected chi connectivity index (χ1v) is 8.73. The number of carbonyl (C=O) groups is 1. The molecule has 3 atom stereocenters. The Bertz CT molecular complexity index is 544. The van der Waals surface area contributed by atoms with Crippen molar-refractivity contribution in [1.29, 1.82) is 0 Å². The second-order valence-corrected chi connectivity index (χ2v) is 7.44. The number of fused-ring (bicyclic) bond motifs is 1. The Kier molecular flexibility index (Phi) is 4.74. The molecule has 2 heterocycles. The largest absolute Gasteiger partial charge is 0.462 e. The lowest BCUT2D eigenvalue weighted by atomic mass is 9.82. The number of quaternary nitrogens is 1. The van der Waals surface area contributed by atoms with Crippen molar-refractivity contribution in [2.24, 2.45) is 5.92 Å². The van der Waals surface area contributed by atoms with Gasteiger partial charge in [-0.15, -0.1) is 0 Å². The van der Waals surface area contributed by atoms with Crippen molar-refractivity contribution in [3.05, 3.63) is 34.9 Å². The fourth-order valence-electron chi connectivity index (χ4n) is 4.31. The van der Waals surface area contributed by atoms with Crippen molar-refractivity contribution in [3.63, 3.8) is 0 Å². The van der Waals surface area contributed by atoms with Crippen LogP contribution < -0.4 is 0 Å². The van der Waals surface area contributed by atoms with E-state index in [9.17, 15) is 4.79 Å². The van der Waals surface area contributed by atoms with E-state index in [0.717, 1.165) is 0 Å². The molecule has 120 valence electrons. The summed E-state index contributed by atoms with van der Waals surface area (Å²) < 4.78 is 6.79. The first-order valence-electron chi connectivity index (χ1n) is 8.35. The zero-order valence-electron chi connectivity index (χ0n) is 13.3. The average molecular weight is 323 g/mol. The van der Waals surface area contributed by atoms with Crippen LogP contribution in [0.3, 0.4) is 0 Å². The lowest BCUT2D eigenvalue weighted by molar-refractivity contribution is -0.947. The molecule has 2 aliphatic rings. The van der Waals surface area contributed by atoms with Gasteiger partial charge in [-0.3, -0.25) is 0 Å². The van der Waals surface area contributed by atoms with Crippen LogP contribution in [0, 0.1) is 5.92 Å². The number of halogens is 1. The molecule has 0 N–H and O–H groups in total. The Morgan fingerprint density at radius 2 is 2.09 bits per heavy atom. The number of piperidine rings is 2. The Balaban J connectivity index is 1.62. The second-order valence-electron chi connectivity index (χ2n) is 7.00. The van der Waals surface area contributed by atoms with Crippen molar-refractivity contribution >= 4 is 17.6 Å². The number of rotatable bonds is 3. The molecule has 1 aromatic carbocycles. The van der Waals surface area contributed by atoms with E-state index in [1.807, 2.05) is 0 Å². The van der Waals surface area contributed by atoms with Crippen LogP contribution in [0.1, 0.15) is 42.5 Å². The van der Waals surface area contributed by atoms with Gasteiger partial charge in [0.2, 0.25) is 0 Å². The summed E-state index contributed by atoms with van der Waals surface area (Å²) in [6.45, 7) is 3.11. The molecule has 2 saturated heterocycles. The van der Waals surface area contributed by atoms with Crippen molar-refractivity contribution in [3.8, 4) is 0 Å². The van der Waals surface area contributed by atoms with Crippen molar-refractivity contribution in [1.82, 2.24) is 0 Å². The summed E-state index contributed by atoms with van der Waals surface area (Å²) in [6.07, 6.45) is 6.35. The maximum absolute atomic E-state index is 12.2. The number of hydrogen-bond donors (Lipinski definition) is 0. The number of nitrogens with zero attached hydrogens (tertiary/aromatic N) is 1. The fraction of sp³-hybridized carbons (Fsp3) is 0.611. The molecule has 0 aliphatic carbocycles. The molecular formula is C18H25ClNO2+. The highest BCUT2D eigenvalue weighted by molar-refractivity contribution is 6.30. The third-order valence-electron chi connectivity index (χ3n) is 5.50. The summed E-state index contributed by atoms with van der Waals surface area (Å²) in [5.41, 5.74) is 0.546. The minimum Gasteiger partial charge on any atom is -0.462 e. The van der Waals surface area contributed by atoms with Crippen LogP contribution in [0.25, 0.3) is 0 Å². The number of esters is 1. The molecule has 4 heteroatoms. The molecule has 3 nitrogen and oxygen atoms in total. The molecule has 2 fully saturated rings. The van der Waals surface area contributed by atoms with Crippen LogP contribution in [-0.4, -0.2) is 43.2 Å². The first kappa shape index (κ1) is 15.8. The molecule has 2 aliphatic heterocycles. The second kappa shape index (κ2) is 6.59. The van der Waals surface area contributed by atoms with Crippen molar-refractivity contribution in [2.45, 2.75) is 38.1 Å². The summed E-state index contributed by atoms with van der Waals surface area (Å²) in [5.74, 6) is 0.250. The smallest absolute Gasteiger partial charge is 0.338 e. The fourth-order valence-corrected chi connectivity index (χ4v) is 4.50. The van der Waals surface area contributed by atoms with Crippen LogP contribution in [0.2, 0.25) is 5.02 Å². The molecule has 3 rings (SSSR count). The van der Waals surface area contributed by atoms with Crippen LogP contribution in [0.5, 0.6) is 0 Å². The normalized spacial score (nSPS) is 31.4. The van der Waals surface area contributed by atoms with E-state index in [0.29, 0.717) is 29.2 Å². The molecule has 0 spiro atoms. The minimum atomic E-state index is -0.252. The lowest BCUT2D eigenvalue weighted by Crippen LogP contribution is -2.61. The zero-order chi connectivity index (χ0) is 15.6. The highest BCUT2D eigenvalue weighted by Crippen LogP contribution is 2.36. The molecule has 0 bridgehead atoms. The maximum atomic E-state index is 12.2. The Morgan fingerprint density at radius 1 is 1.27 bits per heavy atom. The molecule has 0 amide bonds. The third kappa shape index (κ3) is 3.31. The Hall–Kier alpha value is -1.06. The van der Waals surface area contributed by atoms with Crippen LogP contribution in [0.4, 0.5) is 0 Å². The van der Waals surface area contributed by atoms with E-state index >= 15 is 0 Å². The van der Waals surface area contributed by atoms with Crippen LogP contribution in [-0.2, 0) is 4.74 Å². The summed E-state index contributed by atoms with van der Waals surface area (Å²) in [6, 6.07) is 7.65. The quantitative estimate of drug-likeness (QED) is 0.623. The van der Waals surface area contributed by atoms with Gasteiger partial charge < -0.3 is 9.22 Å². The van der Waals surface area contributed by atoms with E-state index in [1.54, 1.807) is 24.3 Å². The van der Waals surface area contributed by atoms with Gasteiger partial charge in [0.15, 0.2) is 0 Å². The summed E-state index contributed by atoms with van der Waals surface area (Å²) in [5, 5.41) is 0.573. The van der Waals surface area contributed by atoms with E-state index < -0.39 is 0 Å². The molecule has 0 unspecified atom stereocenters. The minimum absolute atomic E-state index is 0.252. The Labute approximate surface area is 137 Å². The van der Waals surface area contributed by atoms with Gasteiger partial charge in [-0.1, -0.05) is 17.7 Å². The van der Waals surface area contributed by atoms with Crippen molar-refractivity contribution < 1.29 is 14.0 Å². The summed E-state index contributed by atoms with van der Waals surface area (Å²) in [4.78, 5) is 12.2. The first-order chi connectivity index (χ1) is 10.6. The van der Waals surface area contributed by atoms with Crippen molar-refractivity contribution in [2.75, 3.05) is 26.7 Å². The van der Waals surface area contributed by atoms with Gasteiger partial charge in [0.25, 0.3) is 0 Å². The molecular weight excluding hydrogens is 298 g/mol. The number of hydrogen-bond acceptors (Lipinski definition) is 2. The van der Waals surface area contributed by atoms with Crippen LogP contribution >= 0.6 is 11.6 Å². The SMILES string of the molecule is C[N@+]12CCCC[C@@H]1[C@H](COC(=O)c1cccc(Cl)c1)CCC2. The summed E-state index contributed by atoms with van der Waals surface area (Å²) in [7, 11) is 2.38. The highest BCUT2D eigenvalue weighted by Gasteiger charge is 2.43. The third-order valence-corrected chi connectivity index (χ3v) is 5.73. The lowest BCUT2D eigenvalue weighted by Gasteiger charge is -2.51. The van der Waals surface area contributed by atoms with Gasteiger partial charge in [-0.05, 0) is 43.9 Å². The highest BCUT2D eigenvalue weighted by atomic mass is 35.5. The topological polar surface area (TPSA) is 26.3 Å². The molecule has 22 heavy (non-hydrogen) atoms. The standard InChI is InChI=1S/C18H25ClNO2/c1-20-10-3-2-9-17(20)15(7-5-11-20)13-22-18(21)14-6-4-8-16(19)12-14/h4,6,8,12,15,17H,2-3,5,7,9-11,13H2,1H3/q+1/t15-,17+,20+/m0/s1. The number of benzene rings is 1. The van der Waals surface area contributed by atoms with Gasteiger partial charge in [0.05, 0.1) is 31.7 Å². The van der Waals surface area contributed by atoms with Gasteiger partial charge >= 0.3 is 5.97 Å². The number of ether oxygens (including phenoxy) is 1. The maximum Gasteiger partial charge on any atom is 0.338 e. The van der Waals surface area contributed by atoms with E-state index in [-0.39, 0.29) is 5.97 Å². The Morgan fingerprint density at radius 3 is 2.91 bits per heavy atom. The predicted molar refractivity (Wildman–Crippen MR) is 88.0 cm³/mol. The van der Waals surface area contributed by atoms with Crippen LogP contribution in [0.15, 0.2) is 24.3 Å². The monoisotopic (exact) mass is 322 g/mol. The van der Waals surface area contributed by atoms with E-state index in [1.165, 1.54) is 49.7 Å². The predicted octanol–water partition coefficient (Wildman–Crippen LogP) is 3.91. The van der Waals surface area contributed by atoms with Gasteiger partial charge in [0, 0.05) is 17.4 Å². The molecule has 0 saturated carbocycles. The van der Waals surface area contributed by atoms with Gasteiger partial charge in [-0.25, -0.2) is 4.79 Å². The van der Waals surface area contributed by atoms with Gasteiger partial charge in [-0.2, -0.15) is 0 Å². The molecule has 0 radical (unpaired) electrons. The van der Waals surface area contributed by atoms with E-state index in [2.05, 4.69) is 7.05 Å². The average Bonchev–Trinajstić information content (AvgIpc) is 2.51. The molecule has 1 aromatic rings. The van der Waals surface area contributed by atoms with Gasteiger partial charge in [0.1, 0.15) is 6.61 Å². The molecule has 0 aromatic heterocycles.